The molecule has 136 valence electrons. The number of rotatable bonds is 9. The maximum Gasteiger partial charge on any atom is 0.263 e. The van der Waals surface area contributed by atoms with Crippen LogP contribution >= 0.6 is 0 Å². The average Bonchev–Trinajstić information content (AvgIpc) is 2.65. The van der Waals surface area contributed by atoms with E-state index in [2.05, 4.69) is 6.58 Å². The van der Waals surface area contributed by atoms with Crippen LogP contribution in [0.5, 0.6) is 5.75 Å². The summed E-state index contributed by atoms with van der Waals surface area (Å²) in [7, 11) is 0. The number of ketones is 1. The van der Waals surface area contributed by atoms with Crippen molar-refractivity contribution in [1.29, 1.82) is 0 Å². The minimum absolute atomic E-state index is 0.0365. The van der Waals surface area contributed by atoms with Crippen LogP contribution in [0.1, 0.15) is 29.8 Å². The van der Waals surface area contributed by atoms with Crippen LogP contribution in [0.2, 0.25) is 0 Å². The van der Waals surface area contributed by atoms with Gasteiger partial charge >= 0.3 is 0 Å². The Morgan fingerprint density at radius 3 is 2.54 bits per heavy atom. The molecule has 0 radical (unpaired) electrons. The Labute approximate surface area is 155 Å². The molecular formula is C22H25NO3. The van der Waals surface area contributed by atoms with Crippen LogP contribution in [-0.2, 0) is 11.2 Å². The molecule has 2 aromatic carbocycles. The summed E-state index contributed by atoms with van der Waals surface area (Å²) in [5.74, 6) is 0.375. The van der Waals surface area contributed by atoms with Crippen molar-refractivity contribution in [3.63, 3.8) is 0 Å². The van der Waals surface area contributed by atoms with Gasteiger partial charge in [-0.3, -0.25) is 9.59 Å². The van der Waals surface area contributed by atoms with Crippen molar-refractivity contribution in [3.8, 4) is 5.75 Å². The zero-order valence-corrected chi connectivity index (χ0v) is 15.4. The molecule has 0 heterocycles. The van der Waals surface area contributed by atoms with Gasteiger partial charge in [0.05, 0.1) is 0 Å². The molecule has 0 N–H and O–H groups in total. The van der Waals surface area contributed by atoms with Gasteiger partial charge < -0.3 is 9.64 Å². The number of benzene rings is 2. The lowest BCUT2D eigenvalue weighted by molar-refractivity contribution is -0.137. The molecule has 0 aromatic heterocycles. The Kier molecular flexibility index (Phi) is 7.15. The van der Waals surface area contributed by atoms with Gasteiger partial charge in [0.2, 0.25) is 0 Å². The first kappa shape index (κ1) is 19.4. The normalized spacial score (nSPS) is 11.5. The number of carbonyl (C=O) groups excluding carboxylic acids is 2. The van der Waals surface area contributed by atoms with E-state index < -0.39 is 6.10 Å². The van der Waals surface area contributed by atoms with E-state index in [1.165, 1.54) is 12.5 Å². The lowest BCUT2D eigenvalue weighted by atomic mass is 10.1. The summed E-state index contributed by atoms with van der Waals surface area (Å²) in [6.45, 7) is 8.03. The highest BCUT2D eigenvalue weighted by molar-refractivity contribution is 5.94. The summed E-state index contributed by atoms with van der Waals surface area (Å²) in [5.41, 5.74) is 1.74. The van der Waals surface area contributed by atoms with Crippen LogP contribution in [0, 0.1) is 0 Å². The van der Waals surface area contributed by atoms with E-state index in [-0.39, 0.29) is 11.7 Å². The van der Waals surface area contributed by atoms with Crippen molar-refractivity contribution >= 4 is 11.7 Å². The molecule has 0 saturated heterocycles. The molecule has 0 aliphatic rings. The lowest BCUT2D eigenvalue weighted by Gasteiger charge is -2.25. The van der Waals surface area contributed by atoms with Gasteiger partial charge in [0.15, 0.2) is 11.9 Å². The fourth-order valence-electron chi connectivity index (χ4n) is 2.66. The van der Waals surface area contributed by atoms with E-state index in [0.29, 0.717) is 24.4 Å². The summed E-state index contributed by atoms with van der Waals surface area (Å²) >= 11 is 0. The molecule has 0 spiro atoms. The molecule has 1 atom stereocenters. The molecule has 0 aliphatic carbocycles. The molecule has 4 heteroatoms. The number of hydrogen-bond acceptors (Lipinski definition) is 3. The Bertz CT molecular complexity index is 755. The van der Waals surface area contributed by atoms with Crippen LogP contribution in [0.25, 0.3) is 0 Å². The summed E-state index contributed by atoms with van der Waals surface area (Å²) < 4.78 is 5.77. The van der Waals surface area contributed by atoms with Crippen LogP contribution in [0.15, 0.2) is 67.3 Å². The predicted molar refractivity (Wildman–Crippen MR) is 103 cm³/mol. The van der Waals surface area contributed by atoms with Gasteiger partial charge in [-0.1, -0.05) is 48.5 Å². The van der Waals surface area contributed by atoms with Gasteiger partial charge in [-0.05, 0) is 38.0 Å². The first-order chi connectivity index (χ1) is 12.5. The van der Waals surface area contributed by atoms with Gasteiger partial charge in [0.1, 0.15) is 5.75 Å². The first-order valence-corrected chi connectivity index (χ1v) is 8.72. The third-order valence-corrected chi connectivity index (χ3v) is 4.08. The van der Waals surface area contributed by atoms with E-state index in [1.54, 1.807) is 42.2 Å². The Balaban J connectivity index is 2.01. The fraction of sp³-hybridized carbons (Fsp3) is 0.273. The second-order valence-electron chi connectivity index (χ2n) is 6.15. The molecular weight excluding hydrogens is 326 g/mol. The second kappa shape index (κ2) is 9.56. The van der Waals surface area contributed by atoms with Crippen LogP contribution in [-0.4, -0.2) is 35.8 Å². The van der Waals surface area contributed by atoms with E-state index >= 15 is 0 Å². The number of Topliss-reactive ketones (excluding diaryl/α,β-unsaturated/α-hetero) is 1. The molecule has 1 unspecified atom stereocenters. The summed E-state index contributed by atoms with van der Waals surface area (Å²) in [6, 6.07) is 16.9. The standard InChI is InChI=1S/C22H25NO3/c1-4-14-23(15-13-19-9-6-5-7-10-19)22(25)18(3)26-21-12-8-11-20(16-21)17(2)24/h4-12,16,18H,1,13-15H2,2-3H3. The lowest BCUT2D eigenvalue weighted by Crippen LogP contribution is -2.41. The minimum atomic E-state index is -0.645. The predicted octanol–water partition coefficient (Wildman–Crippen LogP) is 3.91. The van der Waals surface area contributed by atoms with Crippen molar-refractivity contribution in [2.24, 2.45) is 0 Å². The molecule has 0 saturated carbocycles. The Hall–Kier alpha value is -2.88. The van der Waals surface area contributed by atoms with Gasteiger partial charge in [0.25, 0.3) is 5.91 Å². The third kappa shape index (κ3) is 5.59. The molecule has 0 aliphatic heterocycles. The van der Waals surface area contributed by atoms with Crippen molar-refractivity contribution < 1.29 is 14.3 Å². The summed E-state index contributed by atoms with van der Waals surface area (Å²) in [4.78, 5) is 26.0. The monoisotopic (exact) mass is 351 g/mol. The highest BCUT2D eigenvalue weighted by Crippen LogP contribution is 2.16. The van der Waals surface area contributed by atoms with Crippen molar-refractivity contribution in [2.75, 3.05) is 13.1 Å². The molecule has 2 aromatic rings. The fourth-order valence-corrected chi connectivity index (χ4v) is 2.66. The molecule has 0 bridgehead atoms. The molecule has 26 heavy (non-hydrogen) atoms. The van der Waals surface area contributed by atoms with Crippen molar-refractivity contribution in [1.82, 2.24) is 4.90 Å². The van der Waals surface area contributed by atoms with Gasteiger partial charge in [-0.15, -0.1) is 6.58 Å². The SMILES string of the molecule is C=CCN(CCc1ccccc1)C(=O)C(C)Oc1cccc(C(C)=O)c1. The largest absolute Gasteiger partial charge is 0.481 e. The maximum absolute atomic E-state index is 12.8. The van der Waals surface area contributed by atoms with Crippen LogP contribution in [0.3, 0.4) is 0 Å². The number of ether oxygens (including phenoxy) is 1. The van der Waals surface area contributed by atoms with Crippen LogP contribution < -0.4 is 4.74 Å². The van der Waals surface area contributed by atoms with Crippen LogP contribution in [0.4, 0.5) is 0 Å². The van der Waals surface area contributed by atoms with Crippen molar-refractivity contribution in [3.05, 3.63) is 78.4 Å². The summed E-state index contributed by atoms with van der Waals surface area (Å²) in [5, 5.41) is 0. The maximum atomic E-state index is 12.8. The summed E-state index contributed by atoms with van der Waals surface area (Å²) in [6.07, 6.45) is 1.84. The third-order valence-electron chi connectivity index (χ3n) is 4.08. The average molecular weight is 351 g/mol. The molecule has 1 amide bonds. The smallest absolute Gasteiger partial charge is 0.263 e. The minimum Gasteiger partial charge on any atom is -0.481 e. The van der Waals surface area contributed by atoms with E-state index in [9.17, 15) is 9.59 Å². The zero-order chi connectivity index (χ0) is 18.9. The Morgan fingerprint density at radius 1 is 1.15 bits per heavy atom. The second-order valence-corrected chi connectivity index (χ2v) is 6.15. The van der Waals surface area contributed by atoms with Crippen molar-refractivity contribution in [2.45, 2.75) is 26.4 Å². The Morgan fingerprint density at radius 2 is 1.88 bits per heavy atom. The van der Waals surface area contributed by atoms with E-state index in [1.807, 2.05) is 30.3 Å². The molecule has 0 fully saturated rings. The topological polar surface area (TPSA) is 46.6 Å². The molecule has 4 nitrogen and oxygen atoms in total. The highest BCUT2D eigenvalue weighted by atomic mass is 16.5. The van der Waals surface area contributed by atoms with Gasteiger partial charge in [-0.2, -0.15) is 0 Å². The van der Waals surface area contributed by atoms with Gasteiger partial charge in [-0.25, -0.2) is 0 Å². The number of carbonyl (C=O) groups is 2. The van der Waals surface area contributed by atoms with E-state index in [4.69, 9.17) is 4.74 Å². The quantitative estimate of drug-likeness (QED) is 0.508. The number of amides is 1. The van der Waals surface area contributed by atoms with Gasteiger partial charge in [0, 0.05) is 18.7 Å². The number of nitrogens with zero attached hydrogens (tertiary/aromatic N) is 1. The molecule has 2 rings (SSSR count). The van der Waals surface area contributed by atoms with E-state index in [0.717, 1.165) is 6.42 Å². The first-order valence-electron chi connectivity index (χ1n) is 8.72. The zero-order valence-electron chi connectivity index (χ0n) is 15.4. The number of hydrogen-bond donors (Lipinski definition) is 0. The highest BCUT2D eigenvalue weighted by Gasteiger charge is 2.21.